The lowest BCUT2D eigenvalue weighted by molar-refractivity contribution is -0.122. The van der Waals surface area contributed by atoms with Gasteiger partial charge in [-0.05, 0) is 42.4 Å². The molecule has 23 heavy (non-hydrogen) atoms. The highest BCUT2D eigenvalue weighted by atomic mass is 32.1. The number of ether oxygens (including phenoxy) is 2. The molecule has 0 spiro atoms. The monoisotopic (exact) mass is 332 g/mol. The minimum atomic E-state index is -0.109. The highest BCUT2D eigenvalue weighted by Gasteiger charge is 2.29. The Hall–Kier alpha value is -2.34. The first-order valence-corrected chi connectivity index (χ1v) is 7.77. The third-order valence-electron chi connectivity index (χ3n) is 3.26. The molecule has 0 unspecified atom stereocenters. The second kappa shape index (κ2) is 7.78. The Balaban J connectivity index is 2.24. The quantitative estimate of drug-likeness (QED) is 0.473. The van der Waals surface area contributed by atoms with Crippen LogP contribution in [-0.4, -0.2) is 36.2 Å². The van der Waals surface area contributed by atoms with Gasteiger partial charge in [-0.3, -0.25) is 9.69 Å². The van der Waals surface area contributed by atoms with Gasteiger partial charge in [0.1, 0.15) is 12.3 Å². The number of thiocarbonyl (C=S) groups is 1. The van der Waals surface area contributed by atoms with Crippen molar-refractivity contribution in [1.29, 1.82) is 0 Å². The Morgan fingerprint density at radius 3 is 2.83 bits per heavy atom. The molecule has 1 N–H and O–H groups in total. The highest BCUT2D eigenvalue weighted by molar-refractivity contribution is 7.80. The molecule has 2 rings (SSSR count). The van der Waals surface area contributed by atoms with Crippen LogP contribution in [0.15, 0.2) is 36.6 Å². The lowest BCUT2D eigenvalue weighted by Crippen LogP contribution is -2.31. The largest absolute Gasteiger partial charge is 0.493 e. The average molecular weight is 332 g/mol. The lowest BCUT2D eigenvalue weighted by Gasteiger charge is -2.11. The number of methoxy groups -OCH3 is 1. The topological polar surface area (TPSA) is 50.8 Å². The fourth-order valence-corrected chi connectivity index (χ4v) is 2.49. The lowest BCUT2D eigenvalue weighted by atomic mass is 10.1. The van der Waals surface area contributed by atoms with Crippen LogP contribution in [0.1, 0.15) is 18.9 Å². The van der Waals surface area contributed by atoms with Crippen molar-refractivity contribution in [2.45, 2.75) is 13.3 Å². The van der Waals surface area contributed by atoms with E-state index in [-0.39, 0.29) is 5.91 Å². The Morgan fingerprint density at radius 2 is 2.17 bits per heavy atom. The van der Waals surface area contributed by atoms with Crippen molar-refractivity contribution in [2.75, 3.05) is 20.3 Å². The average Bonchev–Trinajstić information content (AvgIpc) is 2.81. The van der Waals surface area contributed by atoms with E-state index in [9.17, 15) is 4.79 Å². The van der Waals surface area contributed by atoms with Crippen molar-refractivity contribution in [2.24, 2.45) is 0 Å². The Labute approximate surface area is 141 Å². The van der Waals surface area contributed by atoms with E-state index < -0.39 is 0 Å². The van der Waals surface area contributed by atoms with Crippen molar-refractivity contribution in [3.05, 3.63) is 42.1 Å². The van der Waals surface area contributed by atoms with E-state index in [1.54, 1.807) is 30.2 Å². The Morgan fingerprint density at radius 1 is 1.39 bits per heavy atom. The predicted octanol–water partition coefficient (Wildman–Crippen LogP) is 2.73. The van der Waals surface area contributed by atoms with Gasteiger partial charge in [0.15, 0.2) is 16.6 Å². The van der Waals surface area contributed by atoms with Crippen LogP contribution in [0.3, 0.4) is 0 Å². The third-order valence-corrected chi connectivity index (χ3v) is 3.59. The maximum absolute atomic E-state index is 12.3. The second-order valence-corrected chi connectivity index (χ2v) is 5.34. The number of amides is 1. The number of rotatable bonds is 7. The molecule has 0 bridgehead atoms. The molecule has 0 aromatic heterocycles. The number of carbonyl (C=O) groups excluding carboxylic acids is 1. The molecular formula is C17H20N2O3S. The molecule has 1 aliphatic rings. The molecule has 1 aliphatic heterocycles. The van der Waals surface area contributed by atoms with Crippen LogP contribution in [0.2, 0.25) is 0 Å². The SMILES string of the molecule is C=CCOc1ccc(C=C2NC(=S)N(CCC)C2=O)cc1OC. The molecule has 0 saturated carbocycles. The summed E-state index contributed by atoms with van der Waals surface area (Å²) in [7, 11) is 1.57. The first-order valence-electron chi connectivity index (χ1n) is 7.37. The minimum Gasteiger partial charge on any atom is -0.493 e. The molecule has 6 heteroatoms. The van der Waals surface area contributed by atoms with Gasteiger partial charge in [0, 0.05) is 6.54 Å². The second-order valence-electron chi connectivity index (χ2n) is 4.95. The molecule has 1 heterocycles. The van der Waals surface area contributed by atoms with Gasteiger partial charge in [-0.15, -0.1) is 0 Å². The van der Waals surface area contributed by atoms with E-state index in [4.69, 9.17) is 21.7 Å². The fourth-order valence-electron chi connectivity index (χ4n) is 2.21. The highest BCUT2D eigenvalue weighted by Crippen LogP contribution is 2.29. The predicted molar refractivity (Wildman–Crippen MR) is 94.4 cm³/mol. The van der Waals surface area contributed by atoms with Crippen molar-refractivity contribution < 1.29 is 14.3 Å². The summed E-state index contributed by atoms with van der Waals surface area (Å²) in [6.07, 6.45) is 4.27. The van der Waals surface area contributed by atoms with Crippen LogP contribution in [0.5, 0.6) is 11.5 Å². The summed E-state index contributed by atoms with van der Waals surface area (Å²) < 4.78 is 10.8. The van der Waals surface area contributed by atoms with Crippen LogP contribution in [0, 0.1) is 0 Å². The number of carbonyl (C=O) groups is 1. The number of hydrogen-bond acceptors (Lipinski definition) is 4. The van der Waals surface area contributed by atoms with Crippen LogP contribution in [0.25, 0.3) is 6.08 Å². The molecule has 0 atom stereocenters. The van der Waals surface area contributed by atoms with E-state index in [0.29, 0.717) is 35.5 Å². The summed E-state index contributed by atoms with van der Waals surface area (Å²) in [5, 5.41) is 3.40. The fraction of sp³-hybridized carbons (Fsp3) is 0.294. The zero-order valence-electron chi connectivity index (χ0n) is 13.3. The van der Waals surface area contributed by atoms with Gasteiger partial charge in [0.2, 0.25) is 0 Å². The standard InChI is InChI=1S/C17H20N2O3S/c1-4-8-19-16(20)13(18-17(19)23)10-12-6-7-14(22-9-5-2)15(11-12)21-3/h5-7,10-11H,2,4,8-9H2,1,3H3,(H,18,23). The van der Waals surface area contributed by atoms with Gasteiger partial charge in [0.05, 0.1) is 7.11 Å². The van der Waals surface area contributed by atoms with Gasteiger partial charge in [-0.25, -0.2) is 0 Å². The van der Waals surface area contributed by atoms with Crippen LogP contribution in [0.4, 0.5) is 0 Å². The first kappa shape index (κ1) is 17.0. The number of nitrogens with one attached hydrogen (secondary N) is 1. The zero-order valence-corrected chi connectivity index (χ0v) is 14.1. The number of benzene rings is 1. The molecule has 1 saturated heterocycles. The molecule has 122 valence electrons. The summed E-state index contributed by atoms with van der Waals surface area (Å²) in [5.41, 5.74) is 1.29. The summed E-state index contributed by atoms with van der Waals surface area (Å²) >= 11 is 5.19. The maximum Gasteiger partial charge on any atom is 0.276 e. The van der Waals surface area contributed by atoms with Gasteiger partial charge < -0.3 is 14.8 Å². The van der Waals surface area contributed by atoms with Crippen LogP contribution in [-0.2, 0) is 4.79 Å². The van der Waals surface area contributed by atoms with Crippen LogP contribution >= 0.6 is 12.2 Å². The van der Waals surface area contributed by atoms with E-state index >= 15 is 0 Å². The summed E-state index contributed by atoms with van der Waals surface area (Å²) in [4.78, 5) is 13.9. The van der Waals surface area contributed by atoms with E-state index in [2.05, 4.69) is 11.9 Å². The van der Waals surface area contributed by atoms with E-state index in [1.165, 1.54) is 0 Å². The molecule has 1 aromatic carbocycles. The Kier molecular flexibility index (Phi) is 5.76. The Bertz CT molecular complexity index is 655. The molecule has 0 radical (unpaired) electrons. The normalized spacial score (nSPS) is 15.7. The first-order chi connectivity index (χ1) is 11.1. The minimum absolute atomic E-state index is 0.109. The van der Waals surface area contributed by atoms with Crippen LogP contribution < -0.4 is 14.8 Å². The molecule has 1 amide bonds. The third kappa shape index (κ3) is 3.90. The maximum atomic E-state index is 12.3. The summed E-state index contributed by atoms with van der Waals surface area (Å²) in [6.45, 7) is 6.63. The van der Waals surface area contributed by atoms with E-state index in [0.717, 1.165) is 12.0 Å². The molecular weight excluding hydrogens is 312 g/mol. The molecule has 5 nitrogen and oxygen atoms in total. The van der Waals surface area contributed by atoms with Gasteiger partial charge in [-0.1, -0.05) is 25.6 Å². The van der Waals surface area contributed by atoms with Crippen molar-refractivity contribution >= 4 is 29.3 Å². The number of hydrogen-bond donors (Lipinski definition) is 1. The van der Waals surface area contributed by atoms with Gasteiger partial charge >= 0.3 is 0 Å². The van der Waals surface area contributed by atoms with Crippen molar-refractivity contribution in [1.82, 2.24) is 10.2 Å². The van der Waals surface area contributed by atoms with Gasteiger partial charge in [0.25, 0.3) is 5.91 Å². The smallest absolute Gasteiger partial charge is 0.276 e. The number of nitrogens with zero attached hydrogens (tertiary/aromatic N) is 1. The van der Waals surface area contributed by atoms with E-state index in [1.807, 2.05) is 19.1 Å². The zero-order chi connectivity index (χ0) is 16.8. The van der Waals surface area contributed by atoms with Crippen molar-refractivity contribution in [3.8, 4) is 11.5 Å². The molecule has 0 aliphatic carbocycles. The molecule has 1 fully saturated rings. The summed E-state index contributed by atoms with van der Waals surface area (Å²) in [6, 6.07) is 5.47. The summed E-state index contributed by atoms with van der Waals surface area (Å²) in [5.74, 6) is 1.12. The van der Waals surface area contributed by atoms with Crippen molar-refractivity contribution in [3.63, 3.8) is 0 Å². The molecule has 1 aromatic rings. The van der Waals surface area contributed by atoms with Gasteiger partial charge in [-0.2, -0.15) is 0 Å².